The number of benzene rings is 1. The molecule has 0 amide bonds. The van der Waals surface area contributed by atoms with Gasteiger partial charge in [0.1, 0.15) is 16.8 Å². The zero-order chi connectivity index (χ0) is 13.1. The van der Waals surface area contributed by atoms with E-state index in [0.29, 0.717) is 17.0 Å². The van der Waals surface area contributed by atoms with Crippen LogP contribution in [0.4, 0.5) is 5.69 Å². The number of nitriles is 1. The molecule has 0 aliphatic rings. The molecule has 2 N–H and O–H groups in total. The maximum absolute atomic E-state index is 8.87. The average Bonchev–Trinajstić information content (AvgIpc) is 2.37. The second kappa shape index (κ2) is 4.94. The first-order valence-electron chi connectivity index (χ1n) is 5.21. The summed E-state index contributed by atoms with van der Waals surface area (Å²) >= 11 is 6.01. The molecule has 0 fully saturated rings. The molecule has 1 aromatic heterocycles. The number of nitrogens with two attached hydrogens (primary N) is 1. The normalized spacial score (nSPS) is 9.83. The Hall–Kier alpha value is -2.25. The molecule has 18 heavy (non-hydrogen) atoms. The molecule has 2 rings (SSSR count). The van der Waals surface area contributed by atoms with Crippen molar-refractivity contribution in [2.45, 2.75) is 6.92 Å². The van der Waals surface area contributed by atoms with Crippen LogP contribution in [-0.4, -0.2) is 4.98 Å². The smallest absolute Gasteiger partial charge is 0.239 e. The van der Waals surface area contributed by atoms with Crippen LogP contribution in [0.25, 0.3) is 0 Å². The molecule has 0 saturated carbocycles. The number of anilines is 1. The Labute approximate surface area is 110 Å². The molecule has 0 saturated heterocycles. The van der Waals surface area contributed by atoms with Crippen LogP contribution in [0.5, 0.6) is 11.6 Å². The summed E-state index contributed by atoms with van der Waals surface area (Å²) in [5.74, 6) is 0.768. The van der Waals surface area contributed by atoms with Gasteiger partial charge in [-0.25, -0.2) is 4.98 Å². The van der Waals surface area contributed by atoms with E-state index in [1.807, 2.05) is 13.0 Å². The Morgan fingerprint density at radius 3 is 2.89 bits per heavy atom. The second-order valence-corrected chi connectivity index (χ2v) is 4.04. The van der Waals surface area contributed by atoms with Gasteiger partial charge in [0, 0.05) is 17.4 Å². The molecule has 0 spiro atoms. The maximum atomic E-state index is 8.87. The fourth-order valence-corrected chi connectivity index (χ4v) is 1.62. The van der Waals surface area contributed by atoms with Gasteiger partial charge in [-0.2, -0.15) is 5.26 Å². The lowest BCUT2D eigenvalue weighted by Crippen LogP contribution is -1.95. The summed E-state index contributed by atoms with van der Waals surface area (Å²) in [5, 5.41) is 9.07. The molecule has 0 radical (unpaired) electrons. The molecular formula is C13H10ClN3O. The number of pyridine rings is 1. The summed E-state index contributed by atoms with van der Waals surface area (Å²) < 4.78 is 5.59. The highest BCUT2D eigenvalue weighted by Gasteiger charge is 2.11. The molecule has 0 unspecified atom stereocenters. The number of nitrogens with zero attached hydrogens (tertiary/aromatic N) is 2. The maximum Gasteiger partial charge on any atom is 0.239 e. The fourth-order valence-electron chi connectivity index (χ4n) is 1.43. The number of rotatable bonds is 2. The summed E-state index contributed by atoms with van der Waals surface area (Å²) in [4.78, 5) is 4.01. The van der Waals surface area contributed by atoms with Crippen LogP contribution >= 0.6 is 11.6 Å². The van der Waals surface area contributed by atoms with Gasteiger partial charge in [0.15, 0.2) is 0 Å². The predicted molar refractivity (Wildman–Crippen MR) is 69.6 cm³/mol. The quantitative estimate of drug-likeness (QED) is 0.840. The van der Waals surface area contributed by atoms with E-state index in [2.05, 4.69) is 4.98 Å². The molecule has 0 aliphatic heterocycles. The van der Waals surface area contributed by atoms with Crippen molar-refractivity contribution in [1.29, 1.82) is 5.26 Å². The number of ether oxygens (including phenoxy) is 1. The van der Waals surface area contributed by atoms with Gasteiger partial charge in [-0.3, -0.25) is 0 Å². The standard InChI is InChI=1S/C13H10ClN3O/c1-8-10(16)3-2-4-11(8)18-13-12(14)9(7-15)5-6-17-13/h2-6H,16H2,1H3. The Kier molecular flexibility index (Phi) is 3.35. The summed E-state index contributed by atoms with van der Waals surface area (Å²) in [6.45, 7) is 1.84. The van der Waals surface area contributed by atoms with Crippen LogP contribution in [0.3, 0.4) is 0 Å². The Morgan fingerprint density at radius 2 is 2.17 bits per heavy atom. The predicted octanol–water partition coefficient (Wildman–Crippen LogP) is 3.29. The van der Waals surface area contributed by atoms with Gasteiger partial charge in [0.25, 0.3) is 0 Å². The van der Waals surface area contributed by atoms with Gasteiger partial charge in [0.2, 0.25) is 5.88 Å². The van der Waals surface area contributed by atoms with Crippen LogP contribution in [0, 0.1) is 18.3 Å². The van der Waals surface area contributed by atoms with Gasteiger partial charge in [-0.05, 0) is 25.1 Å². The first-order chi connectivity index (χ1) is 8.63. The number of hydrogen-bond donors (Lipinski definition) is 1. The molecule has 90 valence electrons. The highest BCUT2D eigenvalue weighted by molar-refractivity contribution is 6.33. The lowest BCUT2D eigenvalue weighted by atomic mass is 10.2. The fraction of sp³-hybridized carbons (Fsp3) is 0.0769. The van der Waals surface area contributed by atoms with E-state index in [1.54, 1.807) is 18.2 Å². The zero-order valence-corrected chi connectivity index (χ0v) is 10.4. The van der Waals surface area contributed by atoms with E-state index in [4.69, 9.17) is 27.3 Å². The van der Waals surface area contributed by atoms with Gasteiger partial charge >= 0.3 is 0 Å². The molecule has 2 aromatic rings. The van der Waals surface area contributed by atoms with Crippen molar-refractivity contribution in [2.75, 3.05) is 5.73 Å². The van der Waals surface area contributed by atoms with Crippen LogP contribution in [0.1, 0.15) is 11.1 Å². The Bertz CT molecular complexity index is 635. The van der Waals surface area contributed by atoms with Crippen LogP contribution < -0.4 is 10.5 Å². The van der Waals surface area contributed by atoms with Crippen molar-refractivity contribution in [3.05, 3.63) is 46.6 Å². The molecule has 0 aliphatic carbocycles. The third-order valence-electron chi connectivity index (χ3n) is 2.51. The Balaban J connectivity index is 2.41. The van der Waals surface area contributed by atoms with Crippen LogP contribution in [-0.2, 0) is 0 Å². The number of aromatic nitrogens is 1. The van der Waals surface area contributed by atoms with Crippen molar-refractivity contribution in [2.24, 2.45) is 0 Å². The van der Waals surface area contributed by atoms with E-state index >= 15 is 0 Å². The first-order valence-corrected chi connectivity index (χ1v) is 5.59. The second-order valence-electron chi connectivity index (χ2n) is 3.66. The van der Waals surface area contributed by atoms with Crippen LogP contribution in [0.15, 0.2) is 30.5 Å². The topological polar surface area (TPSA) is 71.9 Å². The molecule has 0 atom stereocenters. The molecular weight excluding hydrogens is 250 g/mol. The van der Waals surface area contributed by atoms with Gasteiger partial charge in [0.05, 0.1) is 5.56 Å². The third kappa shape index (κ3) is 2.22. The van der Waals surface area contributed by atoms with Crippen molar-refractivity contribution >= 4 is 17.3 Å². The largest absolute Gasteiger partial charge is 0.437 e. The summed E-state index contributed by atoms with van der Waals surface area (Å²) in [7, 11) is 0. The SMILES string of the molecule is Cc1c(N)cccc1Oc1nccc(C#N)c1Cl. The third-order valence-corrected chi connectivity index (χ3v) is 2.88. The molecule has 4 nitrogen and oxygen atoms in total. The minimum atomic E-state index is 0.196. The van der Waals surface area contributed by atoms with Crippen LogP contribution in [0.2, 0.25) is 5.02 Å². The molecule has 5 heteroatoms. The van der Waals surface area contributed by atoms with E-state index in [-0.39, 0.29) is 10.9 Å². The molecule has 1 heterocycles. The highest BCUT2D eigenvalue weighted by Crippen LogP contribution is 2.32. The molecule has 1 aromatic carbocycles. The van der Waals surface area contributed by atoms with Crippen molar-refractivity contribution < 1.29 is 4.74 Å². The minimum Gasteiger partial charge on any atom is -0.437 e. The minimum absolute atomic E-state index is 0.196. The number of hydrogen-bond acceptors (Lipinski definition) is 4. The average molecular weight is 260 g/mol. The van der Waals surface area contributed by atoms with E-state index < -0.39 is 0 Å². The van der Waals surface area contributed by atoms with Gasteiger partial charge in [-0.15, -0.1) is 0 Å². The van der Waals surface area contributed by atoms with Crippen molar-refractivity contribution in [3.8, 4) is 17.7 Å². The molecule has 0 bridgehead atoms. The number of nitrogen functional groups attached to an aromatic ring is 1. The summed E-state index contributed by atoms with van der Waals surface area (Å²) in [6.07, 6.45) is 1.47. The summed E-state index contributed by atoms with van der Waals surface area (Å²) in [6, 6.07) is 8.82. The van der Waals surface area contributed by atoms with Gasteiger partial charge < -0.3 is 10.5 Å². The number of halogens is 1. The highest BCUT2D eigenvalue weighted by atomic mass is 35.5. The lowest BCUT2D eigenvalue weighted by Gasteiger charge is -2.10. The summed E-state index contributed by atoms with van der Waals surface area (Å²) in [5.41, 5.74) is 7.53. The van der Waals surface area contributed by atoms with Gasteiger partial charge in [-0.1, -0.05) is 17.7 Å². The lowest BCUT2D eigenvalue weighted by molar-refractivity contribution is 0.460. The van der Waals surface area contributed by atoms with E-state index in [9.17, 15) is 0 Å². The first kappa shape index (κ1) is 12.2. The van der Waals surface area contributed by atoms with Crippen molar-refractivity contribution in [3.63, 3.8) is 0 Å². The van der Waals surface area contributed by atoms with E-state index in [1.165, 1.54) is 12.3 Å². The zero-order valence-electron chi connectivity index (χ0n) is 9.64. The van der Waals surface area contributed by atoms with Crippen molar-refractivity contribution in [1.82, 2.24) is 4.98 Å². The monoisotopic (exact) mass is 259 g/mol. The van der Waals surface area contributed by atoms with E-state index in [0.717, 1.165) is 5.56 Å². The Morgan fingerprint density at radius 1 is 1.39 bits per heavy atom.